The molecule has 0 unspecified atom stereocenters. The molecular formula is C20H19F3P+. The van der Waals surface area contributed by atoms with Crippen molar-refractivity contribution in [2.24, 2.45) is 0 Å². The van der Waals surface area contributed by atoms with Gasteiger partial charge in [-0.1, -0.05) is 54.1 Å². The second-order valence-corrected chi connectivity index (χ2v) is 7.70. The van der Waals surface area contributed by atoms with Gasteiger partial charge < -0.3 is 0 Å². The molecule has 0 amide bonds. The molecule has 0 aliphatic carbocycles. The molecule has 24 heavy (non-hydrogen) atoms. The first-order valence-electron chi connectivity index (χ1n) is 7.55. The van der Waals surface area contributed by atoms with Gasteiger partial charge in [0.25, 0.3) is 0 Å². The van der Waals surface area contributed by atoms with E-state index in [0.29, 0.717) is 0 Å². The van der Waals surface area contributed by atoms with Gasteiger partial charge in [0.15, 0.2) is 0 Å². The molecule has 0 saturated heterocycles. The van der Waals surface area contributed by atoms with E-state index in [0.717, 1.165) is 0 Å². The third kappa shape index (κ3) is 5.50. The van der Waals surface area contributed by atoms with Crippen LogP contribution in [0.3, 0.4) is 0 Å². The summed E-state index contributed by atoms with van der Waals surface area (Å²) >= 11 is 0. The van der Waals surface area contributed by atoms with E-state index in [1.807, 2.05) is 0 Å². The highest BCUT2D eigenvalue weighted by Gasteiger charge is 2.24. The highest BCUT2D eigenvalue weighted by Crippen LogP contribution is 2.32. The van der Waals surface area contributed by atoms with Crippen LogP contribution in [0, 0.1) is 6.92 Å². The molecule has 0 aliphatic heterocycles. The highest BCUT2D eigenvalue weighted by molar-refractivity contribution is 7.79. The van der Waals surface area contributed by atoms with E-state index in [-0.39, 0.29) is 0 Å². The van der Waals surface area contributed by atoms with Crippen LogP contribution in [0.5, 0.6) is 0 Å². The van der Waals surface area contributed by atoms with Crippen LogP contribution in [0.2, 0.25) is 0 Å². The number of benzene rings is 3. The number of hydrogen-bond acceptors (Lipinski definition) is 0. The molecule has 0 saturated carbocycles. The lowest BCUT2D eigenvalue weighted by Gasteiger charge is -2.10. The Labute approximate surface area is 141 Å². The first kappa shape index (κ1) is 18.2. The van der Waals surface area contributed by atoms with Crippen molar-refractivity contribution in [3.05, 3.63) is 90.5 Å². The minimum atomic E-state index is -3.67. The molecule has 0 radical (unpaired) electrons. The molecule has 0 aliphatic rings. The average molecular weight is 347 g/mol. The summed E-state index contributed by atoms with van der Waals surface area (Å²) in [5, 5.41) is 4.32. The van der Waals surface area contributed by atoms with Gasteiger partial charge in [0, 0.05) is 0 Å². The maximum absolute atomic E-state index is 9.67. The molecule has 3 rings (SSSR count). The SMILES string of the molecule is Cc1ccc([PH+](c2ccccc2)c2ccccc2)cc1.FC(F)F. The van der Waals surface area contributed by atoms with Crippen molar-refractivity contribution >= 4 is 23.8 Å². The minimum absolute atomic E-state index is 0.894. The Kier molecular flexibility index (Phi) is 7.02. The molecule has 0 nitrogen and oxygen atoms in total. The van der Waals surface area contributed by atoms with E-state index in [1.165, 1.54) is 21.5 Å². The number of halogens is 3. The monoisotopic (exact) mass is 347 g/mol. The standard InChI is InChI=1S/C19H17P.CHF3/c1-16-12-14-19(15-13-16)20(17-8-4-2-5-9-17)18-10-6-3-7-11-18;2-1(3)4/h2-15H,1H3;1H/p+1. The summed E-state index contributed by atoms with van der Waals surface area (Å²) < 4.78 is 29.0. The normalized spacial score (nSPS) is 10.4. The van der Waals surface area contributed by atoms with Crippen molar-refractivity contribution in [1.82, 2.24) is 0 Å². The predicted octanol–water partition coefficient (Wildman–Crippen LogP) is 4.66. The fraction of sp³-hybridized carbons (Fsp3) is 0.100. The van der Waals surface area contributed by atoms with Crippen LogP contribution < -0.4 is 15.9 Å². The van der Waals surface area contributed by atoms with E-state index < -0.39 is 14.6 Å². The summed E-state index contributed by atoms with van der Waals surface area (Å²) in [6.45, 7) is -1.53. The van der Waals surface area contributed by atoms with E-state index in [2.05, 4.69) is 91.9 Å². The first-order valence-corrected chi connectivity index (χ1v) is 9.05. The van der Waals surface area contributed by atoms with Gasteiger partial charge in [-0.25, -0.2) is 0 Å². The van der Waals surface area contributed by atoms with Gasteiger partial charge in [0.2, 0.25) is 0 Å². The van der Waals surface area contributed by atoms with Crippen molar-refractivity contribution in [1.29, 1.82) is 0 Å². The second kappa shape index (κ2) is 9.24. The summed E-state index contributed by atoms with van der Waals surface area (Å²) in [6, 6.07) is 30.7. The van der Waals surface area contributed by atoms with Gasteiger partial charge in [-0.3, -0.25) is 0 Å². The van der Waals surface area contributed by atoms with Crippen molar-refractivity contribution in [2.45, 2.75) is 13.6 Å². The lowest BCUT2D eigenvalue weighted by Crippen LogP contribution is -2.20. The van der Waals surface area contributed by atoms with Crippen molar-refractivity contribution in [3.8, 4) is 0 Å². The van der Waals surface area contributed by atoms with Gasteiger partial charge in [0.1, 0.15) is 15.9 Å². The molecule has 124 valence electrons. The largest absolute Gasteiger partial charge is 0.379 e. The van der Waals surface area contributed by atoms with Gasteiger partial charge in [-0.2, -0.15) is 13.2 Å². The molecule has 0 spiro atoms. The molecule has 4 heteroatoms. The third-order valence-corrected chi connectivity index (χ3v) is 6.20. The fourth-order valence-electron chi connectivity index (χ4n) is 2.43. The summed E-state index contributed by atoms with van der Waals surface area (Å²) in [5.74, 6) is 0. The van der Waals surface area contributed by atoms with Gasteiger partial charge in [-0.05, 0) is 43.3 Å². The predicted molar refractivity (Wildman–Crippen MR) is 98.4 cm³/mol. The number of rotatable bonds is 3. The van der Waals surface area contributed by atoms with Crippen LogP contribution in [-0.2, 0) is 0 Å². The summed E-state index contributed by atoms with van der Waals surface area (Å²) in [4.78, 5) is 0. The highest BCUT2D eigenvalue weighted by atomic mass is 31.1. The molecule has 0 N–H and O–H groups in total. The van der Waals surface area contributed by atoms with Crippen LogP contribution in [0.4, 0.5) is 13.2 Å². The molecule has 3 aromatic rings. The Hall–Kier alpha value is -2.12. The van der Waals surface area contributed by atoms with E-state index >= 15 is 0 Å². The number of aryl methyl sites for hydroxylation is 1. The molecule has 0 fully saturated rings. The molecule has 0 bridgehead atoms. The molecule has 0 atom stereocenters. The van der Waals surface area contributed by atoms with E-state index in [9.17, 15) is 13.2 Å². The van der Waals surface area contributed by atoms with Crippen LogP contribution in [0.15, 0.2) is 84.9 Å². The van der Waals surface area contributed by atoms with E-state index in [1.54, 1.807) is 0 Å². The second-order valence-electron chi connectivity index (χ2n) is 5.22. The van der Waals surface area contributed by atoms with Crippen molar-refractivity contribution in [2.75, 3.05) is 0 Å². The van der Waals surface area contributed by atoms with Gasteiger partial charge in [0.05, 0.1) is 7.92 Å². The Bertz CT molecular complexity index is 671. The lowest BCUT2D eigenvalue weighted by molar-refractivity contribution is 0.00819. The third-order valence-electron chi connectivity index (χ3n) is 3.47. The lowest BCUT2D eigenvalue weighted by atomic mass is 10.2. The summed E-state index contributed by atoms with van der Waals surface area (Å²) in [6.07, 6.45) is 0. The Morgan fingerprint density at radius 3 is 1.29 bits per heavy atom. The maximum atomic E-state index is 9.67. The van der Waals surface area contributed by atoms with Crippen LogP contribution in [-0.4, -0.2) is 6.68 Å². The molecular weight excluding hydrogens is 328 g/mol. The average Bonchev–Trinajstić information content (AvgIpc) is 2.58. The molecule has 0 aromatic heterocycles. The fourth-order valence-corrected chi connectivity index (χ4v) is 4.98. The smallest absolute Gasteiger partial charge is 0.174 e. The Morgan fingerprint density at radius 1 is 0.583 bits per heavy atom. The van der Waals surface area contributed by atoms with Crippen LogP contribution >= 0.6 is 7.92 Å². The maximum Gasteiger partial charge on any atom is 0.379 e. The summed E-state index contributed by atoms with van der Waals surface area (Å²) in [5.41, 5.74) is 1.32. The number of alkyl halides is 3. The van der Waals surface area contributed by atoms with Crippen molar-refractivity contribution in [3.63, 3.8) is 0 Å². The first-order chi connectivity index (χ1) is 11.6. The van der Waals surface area contributed by atoms with Crippen molar-refractivity contribution < 1.29 is 13.2 Å². The minimum Gasteiger partial charge on any atom is -0.174 e. The van der Waals surface area contributed by atoms with Crippen LogP contribution in [0.1, 0.15) is 5.56 Å². The van der Waals surface area contributed by atoms with E-state index in [4.69, 9.17) is 0 Å². The van der Waals surface area contributed by atoms with Gasteiger partial charge >= 0.3 is 6.68 Å². The Balaban J connectivity index is 0.000000471. The zero-order valence-corrected chi connectivity index (χ0v) is 14.3. The zero-order valence-electron chi connectivity index (χ0n) is 13.3. The molecule has 3 aromatic carbocycles. The summed E-state index contributed by atoms with van der Waals surface area (Å²) in [7, 11) is -0.894. The number of hydrogen-bond donors (Lipinski definition) is 0. The topological polar surface area (TPSA) is 0 Å². The zero-order chi connectivity index (χ0) is 17.4. The quantitative estimate of drug-likeness (QED) is 0.605. The molecule has 0 heterocycles. The van der Waals surface area contributed by atoms with Crippen LogP contribution in [0.25, 0.3) is 0 Å². The van der Waals surface area contributed by atoms with Gasteiger partial charge in [-0.15, -0.1) is 0 Å². The Morgan fingerprint density at radius 2 is 0.917 bits per heavy atom.